The Morgan fingerprint density at radius 3 is 2.60 bits per heavy atom. The van der Waals surface area contributed by atoms with Crippen molar-refractivity contribution in [1.82, 2.24) is 15.1 Å². The molecule has 2 aliphatic heterocycles. The Balaban J connectivity index is 1.43. The van der Waals surface area contributed by atoms with E-state index in [4.69, 9.17) is 9.47 Å². The van der Waals surface area contributed by atoms with Gasteiger partial charge in [-0.15, -0.1) is 0 Å². The fourth-order valence-electron chi connectivity index (χ4n) is 4.55. The molecule has 1 N–H and O–H groups in total. The van der Waals surface area contributed by atoms with E-state index in [-0.39, 0.29) is 0 Å². The van der Waals surface area contributed by atoms with Crippen LogP contribution in [0.4, 0.5) is 0 Å². The Kier molecular flexibility index (Phi) is 9.93. The Labute approximate surface area is 182 Å². The van der Waals surface area contributed by atoms with Crippen molar-refractivity contribution in [3.8, 4) is 0 Å². The van der Waals surface area contributed by atoms with Gasteiger partial charge in [-0.3, -0.25) is 9.89 Å². The number of likely N-dealkylation sites (tertiary alicyclic amines) is 2. The van der Waals surface area contributed by atoms with E-state index in [2.05, 4.69) is 50.4 Å². The Morgan fingerprint density at radius 1 is 1.07 bits per heavy atom. The molecule has 1 atom stereocenters. The van der Waals surface area contributed by atoms with E-state index < -0.39 is 0 Å². The van der Waals surface area contributed by atoms with Crippen LogP contribution in [0.25, 0.3) is 0 Å². The molecule has 1 unspecified atom stereocenters. The molecule has 1 aromatic carbocycles. The van der Waals surface area contributed by atoms with Gasteiger partial charge < -0.3 is 19.7 Å². The van der Waals surface area contributed by atoms with E-state index in [0.717, 1.165) is 64.6 Å². The molecule has 6 nitrogen and oxygen atoms in total. The van der Waals surface area contributed by atoms with Crippen molar-refractivity contribution in [2.24, 2.45) is 4.99 Å². The van der Waals surface area contributed by atoms with Gasteiger partial charge in [0.2, 0.25) is 0 Å². The highest BCUT2D eigenvalue weighted by molar-refractivity contribution is 5.80. The summed E-state index contributed by atoms with van der Waals surface area (Å²) in [5.74, 6) is 1.04. The van der Waals surface area contributed by atoms with Gasteiger partial charge in [-0.2, -0.15) is 0 Å². The fraction of sp³-hybridized carbons (Fsp3) is 0.708. The van der Waals surface area contributed by atoms with Crippen molar-refractivity contribution in [3.63, 3.8) is 0 Å². The van der Waals surface area contributed by atoms with Crippen molar-refractivity contribution in [3.05, 3.63) is 35.9 Å². The Morgan fingerprint density at radius 2 is 1.87 bits per heavy atom. The van der Waals surface area contributed by atoms with Crippen molar-refractivity contribution in [2.45, 2.75) is 57.2 Å². The molecule has 0 spiro atoms. The summed E-state index contributed by atoms with van der Waals surface area (Å²) in [6.45, 7) is 6.78. The number of ether oxygens (including phenoxy) is 2. The minimum absolute atomic E-state index is 0.371. The summed E-state index contributed by atoms with van der Waals surface area (Å²) >= 11 is 0. The third kappa shape index (κ3) is 7.25. The first-order valence-electron chi connectivity index (χ1n) is 11.6. The summed E-state index contributed by atoms with van der Waals surface area (Å²) in [4.78, 5) is 9.60. The van der Waals surface area contributed by atoms with E-state index in [1.54, 1.807) is 7.11 Å². The molecule has 168 valence electrons. The Hall–Kier alpha value is -1.63. The van der Waals surface area contributed by atoms with Crippen LogP contribution in [0.3, 0.4) is 0 Å². The van der Waals surface area contributed by atoms with E-state index in [0.29, 0.717) is 12.1 Å². The average molecular weight is 417 g/mol. The number of benzene rings is 1. The van der Waals surface area contributed by atoms with Crippen LogP contribution < -0.4 is 5.32 Å². The zero-order chi connectivity index (χ0) is 21.0. The number of nitrogens with zero attached hydrogens (tertiary/aromatic N) is 3. The number of guanidine groups is 1. The summed E-state index contributed by atoms with van der Waals surface area (Å²) < 4.78 is 11.1. The molecule has 0 aromatic heterocycles. The second kappa shape index (κ2) is 12.9. The lowest BCUT2D eigenvalue weighted by atomic mass is 10.0. The van der Waals surface area contributed by atoms with Gasteiger partial charge in [0, 0.05) is 59.6 Å². The van der Waals surface area contributed by atoms with Gasteiger partial charge in [-0.1, -0.05) is 36.8 Å². The first kappa shape index (κ1) is 23.0. The monoisotopic (exact) mass is 416 g/mol. The van der Waals surface area contributed by atoms with Crippen LogP contribution in [-0.4, -0.2) is 81.5 Å². The quantitative estimate of drug-likeness (QED) is 0.381. The molecular formula is C24H40N4O2. The first-order valence-corrected chi connectivity index (χ1v) is 11.6. The second-order valence-corrected chi connectivity index (χ2v) is 8.44. The van der Waals surface area contributed by atoms with Gasteiger partial charge in [-0.05, 0) is 44.2 Å². The maximum atomic E-state index is 6.00. The molecule has 0 radical (unpaired) electrons. The van der Waals surface area contributed by atoms with Gasteiger partial charge in [0.25, 0.3) is 0 Å². The van der Waals surface area contributed by atoms with Gasteiger partial charge in [0.15, 0.2) is 5.96 Å². The molecule has 0 amide bonds. The number of aliphatic imine (C=N–C) groups is 1. The van der Waals surface area contributed by atoms with Gasteiger partial charge in [-0.25, -0.2) is 0 Å². The van der Waals surface area contributed by atoms with Gasteiger partial charge in [0.05, 0.1) is 6.10 Å². The van der Waals surface area contributed by atoms with E-state index in [9.17, 15) is 0 Å². The summed E-state index contributed by atoms with van der Waals surface area (Å²) in [5.41, 5.74) is 1.40. The van der Waals surface area contributed by atoms with Gasteiger partial charge >= 0.3 is 0 Å². The van der Waals surface area contributed by atoms with E-state index in [1.165, 1.54) is 31.4 Å². The minimum Gasteiger partial charge on any atom is -0.385 e. The lowest BCUT2D eigenvalue weighted by Gasteiger charge is -2.38. The van der Waals surface area contributed by atoms with Crippen molar-refractivity contribution in [1.29, 1.82) is 0 Å². The van der Waals surface area contributed by atoms with Crippen LogP contribution in [0.2, 0.25) is 0 Å². The predicted octanol–water partition coefficient (Wildman–Crippen LogP) is 3.13. The molecule has 2 aliphatic rings. The molecule has 2 saturated heterocycles. The molecule has 0 saturated carbocycles. The normalized spacial score (nSPS) is 21.7. The number of hydrogen-bond acceptors (Lipinski definition) is 4. The molecule has 2 heterocycles. The smallest absolute Gasteiger partial charge is 0.193 e. The highest BCUT2D eigenvalue weighted by Crippen LogP contribution is 2.20. The molecule has 1 aromatic rings. The minimum atomic E-state index is 0.371. The van der Waals surface area contributed by atoms with Crippen LogP contribution in [0.5, 0.6) is 0 Å². The van der Waals surface area contributed by atoms with E-state index >= 15 is 0 Å². The first-order chi connectivity index (χ1) is 14.8. The highest BCUT2D eigenvalue weighted by atomic mass is 16.5. The lowest BCUT2D eigenvalue weighted by Crippen LogP contribution is -2.51. The molecule has 6 heteroatoms. The molecule has 2 fully saturated rings. The third-order valence-corrected chi connectivity index (χ3v) is 6.27. The average Bonchev–Trinajstić information content (AvgIpc) is 2.80. The SMILES string of the molecule is CN=C(NCC1CCCCN1Cc1ccccc1)N1CCC(OCCCOC)CC1. The molecule has 0 aliphatic carbocycles. The summed E-state index contributed by atoms with van der Waals surface area (Å²) in [6.07, 6.45) is 7.36. The van der Waals surface area contributed by atoms with E-state index in [1.807, 2.05) is 7.05 Å². The maximum absolute atomic E-state index is 6.00. The van der Waals surface area contributed by atoms with Crippen LogP contribution in [0.15, 0.2) is 35.3 Å². The zero-order valence-corrected chi connectivity index (χ0v) is 18.9. The standard InChI is InChI=1S/C24H40N4O2/c1-25-24(27-15-12-23(13-16-27)30-18-8-17-29-2)26-19-22-11-6-7-14-28(22)20-21-9-4-3-5-10-21/h3-5,9-10,22-23H,6-8,11-20H2,1-2H3,(H,25,26). The van der Waals surface area contributed by atoms with Crippen LogP contribution in [0.1, 0.15) is 44.1 Å². The van der Waals surface area contributed by atoms with Crippen molar-refractivity contribution < 1.29 is 9.47 Å². The van der Waals surface area contributed by atoms with Crippen LogP contribution in [-0.2, 0) is 16.0 Å². The fourth-order valence-corrected chi connectivity index (χ4v) is 4.55. The van der Waals surface area contributed by atoms with Crippen molar-refractivity contribution >= 4 is 5.96 Å². The predicted molar refractivity (Wildman–Crippen MR) is 123 cm³/mol. The number of methoxy groups -OCH3 is 1. The second-order valence-electron chi connectivity index (χ2n) is 8.44. The number of nitrogens with one attached hydrogen (secondary N) is 1. The number of piperidine rings is 2. The summed E-state index contributed by atoms with van der Waals surface area (Å²) in [5, 5.41) is 3.68. The van der Waals surface area contributed by atoms with Crippen molar-refractivity contribution in [2.75, 3.05) is 53.6 Å². The highest BCUT2D eigenvalue weighted by Gasteiger charge is 2.25. The number of rotatable bonds is 9. The topological polar surface area (TPSA) is 49.3 Å². The van der Waals surface area contributed by atoms with Gasteiger partial charge in [0.1, 0.15) is 0 Å². The lowest BCUT2D eigenvalue weighted by molar-refractivity contribution is 0.00982. The molecule has 0 bridgehead atoms. The van der Waals surface area contributed by atoms with Crippen LogP contribution in [0, 0.1) is 0 Å². The largest absolute Gasteiger partial charge is 0.385 e. The third-order valence-electron chi connectivity index (χ3n) is 6.27. The molecule has 3 rings (SSSR count). The summed E-state index contributed by atoms with van der Waals surface area (Å²) in [6, 6.07) is 11.4. The van der Waals surface area contributed by atoms with Crippen LogP contribution >= 0.6 is 0 Å². The molecule has 30 heavy (non-hydrogen) atoms. The maximum Gasteiger partial charge on any atom is 0.193 e. The summed E-state index contributed by atoms with van der Waals surface area (Å²) in [7, 11) is 3.64. The number of hydrogen-bond donors (Lipinski definition) is 1. The molecular weight excluding hydrogens is 376 g/mol. The Bertz CT molecular complexity index is 617. The zero-order valence-electron chi connectivity index (χ0n) is 18.9.